The van der Waals surface area contributed by atoms with E-state index in [-0.39, 0.29) is 5.57 Å². The fourth-order valence-electron chi connectivity index (χ4n) is 2.65. The van der Waals surface area contributed by atoms with Gasteiger partial charge in [-0.05, 0) is 27.5 Å². The van der Waals surface area contributed by atoms with E-state index < -0.39 is 11.7 Å². The Kier molecular flexibility index (Phi) is 4.00. The van der Waals surface area contributed by atoms with Gasteiger partial charge in [0, 0.05) is 0 Å². The number of hydrogen-bond donors (Lipinski definition) is 2. The molecule has 0 atom stereocenters. The third-order valence-corrected chi connectivity index (χ3v) is 3.83. The van der Waals surface area contributed by atoms with Gasteiger partial charge in [0.25, 0.3) is 0 Å². The molecule has 0 saturated heterocycles. The summed E-state index contributed by atoms with van der Waals surface area (Å²) in [5.41, 5.74) is 2.10. The van der Waals surface area contributed by atoms with Crippen LogP contribution in [0.25, 0.3) is 27.5 Å². The van der Waals surface area contributed by atoms with Gasteiger partial charge >= 0.3 is 5.97 Å². The molecule has 3 aromatic rings. The lowest BCUT2D eigenvalue weighted by Gasteiger charge is -2.08. The number of aliphatic hydroxyl groups is 1. The first-order valence-electron chi connectivity index (χ1n) is 7.27. The van der Waals surface area contributed by atoms with E-state index in [2.05, 4.69) is 0 Å². The third-order valence-electron chi connectivity index (χ3n) is 3.83. The molecule has 0 fully saturated rings. The van der Waals surface area contributed by atoms with Gasteiger partial charge < -0.3 is 10.2 Å². The first-order chi connectivity index (χ1) is 11.6. The normalized spacial score (nSPS) is 11.6. The van der Waals surface area contributed by atoms with Crippen molar-refractivity contribution in [1.82, 2.24) is 0 Å². The molecule has 0 aliphatic carbocycles. The summed E-state index contributed by atoms with van der Waals surface area (Å²) in [4.78, 5) is 10.8. The average Bonchev–Trinajstić information content (AvgIpc) is 2.62. The lowest BCUT2D eigenvalue weighted by molar-refractivity contribution is -0.135. The molecule has 0 radical (unpaired) electrons. The Morgan fingerprint density at radius 2 is 1.54 bits per heavy atom. The minimum Gasteiger partial charge on any atom is -0.501 e. The monoisotopic (exact) mass is 315 g/mol. The zero-order valence-electron chi connectivity index (χ0n) is 12.6. The summed E-state index contributed by atoms with van der Waals surface area (Å²) in [6.45, 7) is 0. The van der Waals surface area contributed by atoms with E-state index in [0.29, 0.717) is 5.56 Å². The van der Waals surface area contributed by atoms with E-state index in [1.165, 1.54) is 0 Å². The highest BCUT2D eigenvalue weighted by molar-refractivity contribution is 5.99. The predicted molar refractivity (Wildman–Crippen MR) is 92.2 cm³/mol. The maximum absolute atomic E-state index is 10.8. The van der Waals surface area contributed by atoms with Crippen molar-refractivity contribution in [2.24, 2.45) is 0 Å². The van der Waals surface area contributed by atoms with Crippen LogP contribution in [0.5, 0.6) is 0 Å². The maximum Gasteiger partial charge on any atom is 0.372 e. The third kappa shape index (κ3) is 2.71. The number of aliphatic carboxylic acids is 1. The van der Waals surface area contributed by atoms with Crippen LogP contribution in [0, 0.1) is 11.3 Å². The molecule has 0 heterocycles. The summed E-state index contributed by atoms with van der Waals surface area (Å²) in [5.74, 6) is -2.47. The highest BCUT2D eigenvalue weighted by Gasteiger charge is 2.14. The number of fused-ring (bicyclic) bond motifs is 1. The Labute approximate surface area is 138 Å². The molecule has 3 rings (SSSR count). The molecule has 0 bridgehead atoms. The van der Waals surface area contributed by atoms with Crippen molar-refractivity contribution in [2.45, 2.75) is 0 Å². The molecule has 116 valence electrons. The summed E-state index contributed by atoms with van der Waals surface area (Å²) >= 11 is 0. The molecule has 3 aromatic carbocycles. The van der Waals surface area contributed by atoms with Crippen LogP contribution in [0.1, 0.15) is 5.56 Å². The number of nitrogens with zero attached hydrogens (tertiary/aromatic N) is 1. The van der Waals surface area contributed by atoms with Gasteiger partial charge in [-0.3, -0.25) is 0 Å². The molecular weight excluding hydrogens is 302 g/mol. The number of carboxylic acids is 1. The Bertz CT molecular complexity index is 990. The number of nitriles is 1. The first kappa shape index (κ1) is 15.3. The van der Waals surface area contributed by atoms with E-state index in [4.69, 9.17) is 10.4 Å². The quantitative estimate of drug-likeness (QED) is 0.427. The smallest absolute Gasteiger partial charge is 0.372 e. The molecule has 24 heavy (non-hydrogen) atoms. The van der Waals surface area contributed by atoms with Crippen LogP contribution in [0.4, 0.5) is 0 Å². The number of benzene rings is 3. The van der Waals surface area contributed by atoms with Crippen LogP contribution < -0.4 is 0 Å². The number of carboxylic acid groups (broad SMARTS) is 1. The first-order valence-corrected chi connectivity index (χ1v) is 7.27. The molecule has 4 nitrogen and oxygen atoms in total. The lowest BCUT2D eigenvalue weighted by Crippen LogP contribution is -2.02. The molecule has 4 heteroatoms. The Morgan fingerprint density at radius 1 is 0.875 bits per heavy atom. The molecule has 0 amide bonds. The highest BCUT2D eigenvalue weighted by atomic mass is 16.4. The van der Waals surface area contributed by atoms with E-state index in [1.807, 2.05) is 54.6 Å². The van der Waals surface area contributed by atoms with Crippen LogP contribution in [-0.2, 0) is 4.79 Å². The van der Waals surface area contributed by atoms with Crippen molar-refractivity contribution >= 4 is 22.3 Å². The second-order valence-electron chi connectivity index (χ2n) is 5.24. The van der Waals surface area contributed by atoms with Crippen LogP contribution >= 0.6 is 0 Å². The second-order valence-corrected chi connectivity index (χ2v) is 5.24. The fourth-order valence-corrected chi connectivity index (χ4v) is 2.65. The topological polar surface area (TPSA) is 81.3 Å². The lowest BCUT2D eigenvalue weighted by atomic mass is 9.96. The molecule has 0 aliphatic rings. The maximum atomic E-state index is 10.8. The van der Waals surface area contributed by atoms with Gasteiger partial charge in [0.05, 0.1) is 0 Å². The van der Waals surface area contributed by atoms with Gasteiger partial charge in [0.2, 0.25) is 5.76 Å². The van der Waals surface area contributed by atoms with Crippen molar-refractivity contribution in [3.8, 4) is 17.2 Å². The number of rotatable bonds is 3. The van der Waals surface area contributed by atoms with Crippen molar-refractivity contribution in [3.05, 3.63) is 78.1 Å². The molecule has 0 spiro atoms. The summed E-state index contributed by atoms with van der Waals surface area (Å²) in [6, 6.07) is 22.7. The standard InChI is InChI=1S/C20H13NO3/c21-12-18(19(22)20(23)24)15-10-8-14(9-11-15)17-7-3-5-13-4-1-2-6-16(13)17/h1-11,22H,(H,23,24)/b19-18-. The van der Waals surface area contributed by atoms with Gasteiger partial charge in [-0.15, -0.1) is 0 Å². The van der Waals surface area contributed by atoms with E-state index in [1.54, 1.807) is 18.2 Å². The highest BCUT2D eigenvalue weighted by Crippen LogP contribution is 2.29. The van der Waals surface area contributed by atoms with Gasteiger partial charge in [-0.2, -0.15) is 5.26 Å². The van der Waals surface area contributed by atoms with Gasteiger partial charge in [0.1, 0.15) is 11.6 Å². The summed E-state index contributed by atoms with van der Waals surface area (Å²) < 4.78 is 0. The van der Waals surface area contributed by atoms with Crippen LogP contribution in [0.3, 0.4) is 0 Å². The summed E-state index contributed by atoms with van der Waals surface area (Å²) in [7, 11) is 0. The molecule has 2 N–H and O–H groups in total. The Balaban J connectivity index is 2.09. The van der Waals surface area contributed by atoms with Crippen molar-refractivity contribution < 1.29 is 15.0 Å². The minimum atomic E-state index is -1.52. The largest absolute Gasteiger partial charge is 0.501 e. The fraction of sp³-hybridized carbons (Fsp3) is 0. The predicted octanol–water partition coefficient (Wildman–Crippen LogP) is 4.38. The molecule has 0 unspecified atom stereocenters. The molecule has 0 saturated carbocycles. The van der Waals surface area contributed by atoms with E-state index in [9.17, 15) is 9.90 Å². The molecule has 0 aliphatic heterocycles. The summed E-state index contributed by atoms with van der Waals surface area (Å²) in [6.07, 6.45) is 0. The number of carbonyl (C=O) groups is 1. The number of allylic oxidation sites excluding steroid dienone is 1. The Hall–Kier alpha value is -3.58. The SMILES string of the molecule is N#C/C(=C(/O)C(=O)O)c1ccc(-c2cccc3ccccc23)cc1. The zero-order valence-corrected chi connectivity index (χ0v) is 12.6. The minimum absolute atomic E-state index is 0.257. The average molecular weight is 315 g/mol. The van der Waals surface area contributed by atoms with Crippen molar-refractivity contribution in [2.75, 3.05) is 0 Å². The van der Waals surface area contributed by atoms with E-state index in [0.717, 1.165) is 21.9 Å². The van der Waals surface area contributed by atoms with E-state index >= 15 is 0 Å². The number of hydrogen-bond acceptors (Lipinski definition) is 3. The van der Waals surface area contributed by atoms with Crippen molar-refractivity contribution in [1.29, 1.82) is 5.26 Å². The summed E-state index contributed by atoms with van der Waals surface area (Å²) in [5, 5.41) is 29.7. The van der Waals surface area contributed by atoms with Crippen molar-refractivity contribution in [3.63, 3.8) is 0 Å². The van der Waals surface area contributed by atoms with Gasteiger partial charge in [0.15, 0.2) is 0 Å². The molecular formula is C20H13NO3. The van der Waals surface area contributed by atoms with Crippen LogP contribution in [0.15, 0.2) is 72.5 Å². The van der Waals surface area contributed by atoms with Gasteiger partial charge in [-0.25, -0.2) is 4.79 Å². The van der Waals surface area contributed by atoms with Crippen LogP contribution in [0.2, 0.25) is 0 Å². The Morgan fingerprint density at radius 3 is 2.21 bits per heavy atom. The van der Waals surface area contributed by atoms with Gasteiger partial charge in [-0.1, -0.05) is 66.7 Å². The molecule has 0 aromatic heterocycles. The number of aliphatic hydroxyl groups excluding tert-OH is 1. The van der Waals surface area contributed by atoms with Crippen LogP contribution in [-0.4, -0.2) is 16.2 Å². The second kappa shape index (κ2) is 6.27. The zero-order chi connectivity index (χ0) is 17.1.